The Hall–Kier alpha value is -1.78. The Bertz CT molecular complexity index is 542. The number of ether oxygens (including phenoxy) is 1. The molecule has 2 aliphatic rings. The summed E-state index contributed by atoms with van der Waals surface area (Å²) in [4.78, 5) is 25.4. The first-order chi connectivity index (χ1) is 10.2. The normalized spacial score (nSPS) is 19.5. The highest BCUT2D eigenvalue weighted by atomic mass is 16.6. The molecular formula is C16H22N2O3. The maximum atomic E-state index is 11.9. The molecule has 1 amide bonds. The first-order valence-corrected chi connectivity index (χ1v) is 7.85. The fraction of sp³-hybridized carbons (Fsp3) is 0.625. The van der Waals surface area contributed by atoms with Crippen molar-refractivity contribution in [1.82, 2.24) is 9.47 Å². The first-order valence-electron chi connectivity index (χ1n) is 7.85. The first kappa shape index (κ1) is 14.2. The van der Waals surface area contributed by atoms with Gasteiger partial charge in [0.15, 0.2) is 5.78 Å². The maximum Gasteiger partial charge on any atom is 0.409 e. The van der Waals surface area contributed by atoms with E-state index in [1.54, 1.807) is 4.90 Å². The van der Waals surface area contributed by atoms with Crippen LogP contribution in [-0.4, -0.2) is 41.0 Å². The molecule has 1 aromatic rings. The molecule has 5 nitrogen and oxygen atoms in total. The number of nitrogens with zero attached hydrogens (tertiary/aromatic N) is 2. The lowest BCUT2D eigenvalue weighted by Gasteiger charge is -2.33. The number of carbonyl (C=O) groups is 2. The third kappa shape index (κ3) is 2.69. The molecule has 1 aliphatic heterocycles. The maximum absolute atomic E-state index is 11.9. The van der Waals surface area contributed by atoms with Crippen LogP contribution in [-0.2, 0) is 11.2 Å². The van der Waals surface area contributed by atoms with Crippen LogP contribution in [0.1, 0.15) is 54.7 Å². The van der Waals surface area contributed by atoms with Crippen molar-refractivity contribution < 1.29 is 14.3 Å². The number of rotatable bonds is 2. The lowest BCUT2D eigenvalue weighted by atomic mass is 9.96. The largest absolute Gasteiger partial charge is 0.450 e. The van der Waals surface area contributed by atoms with E-state index in [0.717, 1.165) is 44.3 Å². The van der Waals surface area contributed by atoms with Crippen LogP contribution in [0.3, 0.4) is 0 Å². The third-order valence-electron chi connectivity index (χ3n) is 4.53. The van der Waals surface area contributed by atoms with E-state index >= 15 is 0 Å². The molecular weight excluding hydrogens is 268 g/mol. The van der Waals surface area contributed by atoms with Crippen molar-refractivity contribution in [2.45, 2.75) is 45.1 Å². The average Bonchev–Trinajstić information content (AvgIpc) is 2.93. The number of Topliss-reactive ketones (excluding diaryl/α,β-unsaturated/α-hetero) is 1. The molecule has 114 valence electrons. The van der Waals surface area contributed by atoms with Gasteiger partial charge in [0, 0.05) is 43.0 Å². The number of piperidine rings is 1. The zero-order chi connectivity index (χ0) is 14.8. The zero-order valence-corrected chi connectivity index (χ0v) is 12.5. The number of hydrogen-bond acceptors (Lipinski definition) is 3. The number of aromatic nitrogens is 1. The summed E-state index contributed by atoms with van der Waals surface area (Å²) in [5.41, 5.74) is 2.11. The number of ketones is 1. The molecule has 1 fully saturated rings. The van der Waals surface area contributed by atoms with E-state index in [2.05, 4.69) is 10.8 Å². The van der Waals surface area contributed by atoms with Gasteiger partial charge < -0.3 is 14.2 Å². The molecule has 0 atom stereocenters. The minimum Gasteiger partial charge on any atom is -0.450 e. The Balaban J connectivity index is 1.68. The molecule has 0 saturated carbocycles. The van der Waals surface area contributed by atoms with Gasteiger partial charge in [-0.3, -0.25) is 4.79 Å². The van der Waals surface area contributed by atoms with Crippen molar-refractivity contribution in [3.05, 3.63) is 23.5 Å². The van der Waals surface area contributed by atoms with Crippen LogP contribution in [0, 0.1) is 0 Å². The predicted octanol–water partition coefficient (Wildman–Crippen LogP) is 2.80. The molecule has 1 aliphatic carbocycles. The van der Waals surface area contributed by atoms with Crippen LogP contribution in [0.5, 0.6) is 0 Å². The van der Waals surface area contributed by atoms with Crippen molar-refractivity contribution in [2.75, 3.05) is 19.7 Å². The van der Waals surface area contributed by atoms with E-state index in [4.69, 9.17) is 4.74 Å². The highest BCUT2D eigenvalue weighted by Crippen LogP contribution is 2.30. The Morgan fingerprint density at radius 2 is 2.10 bits per heavy atom. The van der Waals surface area contributed by atoms with E-state index < -0.39 is 0 Å². The van der Waals surface area contributed by atoms with E-state index in [-0.39, 0.29) is 11.9 Å². The molecule has 2 heterocycles. The van der Waals surface area contributed by atoms with E-state index in [1.165, 1.54) is 5.69 Å². The minimum absolute atomic E-state index is 0.208. The van der Waals surface area contributed by atoms with Gasteiger partial charge in [-0.2, -0.15) is 0 Å². The second kappa shape index (κ2) is 5.92. The number of fused-ring (bicyclic) bond motifs is 1. The molecule has 1 aromatic heterocycles. The number of likely N-dealkylation sites (tertiary alicyclic amines) is 1. The molecule has 0 spiro atoms. The lowest BCUT2D eigenvalue weighted by Crippen LogP contribution is -2.39. The van der Waals surface area contributed by atoms with Gasteiger partial charge in [-0.15, -0.1) is 0 Å². The molecule has 3 rings (SSSR count). The van der Waals surface area contributed by atoms with E-state index in [1.807, 2.05) is 13.0 Å². The SMILES string of the molecule is CCOC(=O)N1CCC(n2ccc3c2CCCC3=O)CC1. The lowest BCUT2D eigenvalue weighted by molar-refractivity contribution is 0.0924. The summed E-state index contributed by atoms with van der Waals surface area (Å²) in [6, 6.07) is 2.36. The van der Waals surface area contributed by atoms with Gasteiger partial charge >= 0.3 is 6.09 Å². The third-order valence-corrected chi connectivity index (χ3v) is 4.53. The van der Waals surface area contributed by atoms with E-state index in [0.29, 0.717) is 19.1 Å². The van der Waals surface area contributed by atoms with Crippen molar-refractivity contribution in [2.24, 2.45) is 0 Å². The van der Waals surface area contributed by atoms with Crippen LogP contribution in [0.4, 0.5) is 4.79 Å². The van der Waals surface area contributed by atoms with Crippen molar-refractivity contribution in [1.29, 1.82) is 0 Å². The number of amides is 1. The van der Waals surface area contributed by atoms with Crippen LogP contribution in [0.15, 0.2) is 12.3 Å². The van der Waals surface area contributed by atoms with Crippen LogP contribution >= 0.6 is 0 Å². The van der Waals surface area contributed by atoms with Gasteiger partial charge in [0.25, 0.3) is 0 Å². The van der Waals surface area contributed by atoms with Gasteiger partial charge in [-0.05, 0) is 38.7 Å². The molecule has 0 bridgehead atoms. The number of carbonyl (C=O) groups excluding carboxylic acids is 2. The van der Waals surface area contributed by atoms with Crippen LogP contribution in [0.25, 0.3) is 0 Å². The summed E-state index contributed by atoms with van der Waals surface area (Å²) in [7, 11) is 0. The summed E-state index contributed by atoms with van der Waals surface area (Å²) >= 11 is 0. The van der Waals surface area contributed by atoms with Gasteiger partial charge in [-0.1, -0.05) is 0 Å². The molecule has 0 unspecified atom stereocenters. The molecule has 0 N–H and O–H groups in total. The van der Waals surface area contributed by atoms with Crippen LogP contribution in [0.2, 0.25) is 0 Å². The topological polar surface area (TPSA) is 51.5 Å². The zero-order valence-electron chi connectivity index (χ0n) is 12.5. The standard InChI is InChI=1S/C16H22N2O3/c1-2-21-16(20)17-9-6-12(7-10-17)18-11-8-13-14(18)4-3-5-15(13)19/h8,11-12H,2-7,9-10H2,1H3. The molecule has 1 saturated heterocycles. The van der Waals surface area contributed by atoms with Crippen LogP contribution < -0.4 is 0 Å². The highest BCUT2D eigenvalue weighted by molar-refractivity contribution is 5.98. The summed E-state index contributed by atoms with van der Waals surface area (Å²) < 4.78 is 7.32. The van der Waals surface area contributed by atoms with Gasteiger partial charge in [-0.25, -0.2) is 4.79 Å². The van der Waals surface area contributed by atoms with Crippen molar-refractivity contribution >= 4 is 11.9 Å². The summed E-state index contributed by atoms with van der Waals surface area (Å²) in [5.74, 6) is 0.277. The Morgan fingerprint density at radius 3 is 2.81 bits per heavy atom. The Kier molecular flexibility index (Phi) is 3.99. The second-order valence-corrected chi connectivity index (χ2v) is 5.78. The van der Waals surface area contributed by atoms with E-state index in [9.17, 15) is 9.59 Å². The Morgan fingerprint density at radius 1 is 1.33 bits per heavy atom. The average molecular weight is 290 g/mol. The Labute approximate surface area is 124 Å². The molecule has 0 aromatic carbocycles. The van der Waals surface area contributed by atoms with Gasteiger partial charge in [0.2, 0.25) is 0 Å². The number of hydrogen-bond donors (Lipinski definition) is 0. The van der Waals surface area contributed by atoms with Gasteiger partial charge in [0.05, 0.1) is 6.61 Å². The quantitative estimate of drug-likeness (QED) is 0.841. The monoisotopic (exact) mass is 290 g/mol. The predicted molar refractivity (Wildman–Crippen MR) is 78.6 cm³/mol. The summed E-state index contributed by atoms with van der Waals surface area (Å²) in [6.45, 7) is 3.70. The van der Waals surface area contributed by atoms with Crippen molar-refractivity contribution in [3.8, 4) is 0 Å². The van der Waals surface area contributed by atoms with Crippen molar-refractivity contribution in [3.63, 3.8) is 0 Å². The summed E-state index contributed by atoms with van der Waals surface area (Å²) in [5, 5.41) is 0. The minimum atomic E-state index is -0.208. The molecule has 5 heteroatoms. The second-order valence-electron chi connectivity index (χ2n) is 5.78. The molecule has 21 heavy (non-hydrogen) atoms. The van der Waals surface area contributed by atoms with Gasteiger partial charge in [0.1, 0.15) is 0 Å². The summed E-state index contributed by atoms with van der Waals surface area (Å²) in [6.07, 6.45) is 6.32. The fourth-order valence-electron chi connectivity index (χ4n) is 3.43. The highest BCUT2D eigenvalue weighted by Gasteiger charge is 2.28. The smallest absolute Gasteiger partial charge is 0.409 e. The fourth-order valence-corrected chi connectivity index (χ4v) is 3.43. The molecule has 0 radical (unpaired) electrons.